The van der Waals surface area contributed by atoms with Crippen molar-refractivity contribution in [3.8, 4) is 5.75 Å². The predicted molar refractivity (Wildman–Crippen MR) is 75.0 cm³/mol. The van der Waals surface area contributed by atoms with Gasteiger partial charge in [-0.05, 0) is 40.5 Å². The van der Waals surface area contributed by atoms with Crippen LogP contribution in [0.3, 0.4) is 0 Å². The Morgan fingerprint density at radius 3 is 1.88 bits per heavy atom. The van der Waals surface area contributed by atoms with Crippen LogP contribution in [0.2, 0.25) is 0 Å². The Morgan fingerprint density at radius 1 is 0.941 bits per heavy atom. The van der Waals surface area contributed by atoms with Gasteiger partial charge in [-0.1, -0.05) is 47.6 Å². The van der Waals surface area contributed by atoms with Gasteiger partial charge in [-0.2, -0.15) is 0 Å². The topological polar surface area (TPSA) is 9.23 Å². The molecule has 1 rings (SSSR count). The lowest BCUT2D eigenvalue weighted by Gasteiger charge is -2.27. The Kier molecular flexibility index (Phi) is 3.91. The fraction of sp³-hybridized carbons (Fsp3) is 0.625. The van der Waals surface area contributed by atoms with E-state index in [0.29, 0.717) is 0 Å². The number of hydrogen-bond acceptors (Lipinski definition) is 1. The molecule has 0 fully saturated rings. The van der Waals surface area contributed by atoms with E-state index in [4.69, 9.17) is 4.74 Å². The first kappa shape index (κ1) is 14.1. The molecule has 1 aromatic rings. The van der Waals surface area contributed by atoms with Gasteiger partial charge in [-0.3, -0.25) is 0 Å². The molecule has 0 N–H and O–H groups in total. The molecule has 0 aromatic heterocycles. The number of benzene rings is 1. The third-order valence-electron chi connectivity index (χ3n) is 3.67. The summed E-state index contributed by atoms with van der Waals surface area (Å²) in [5.41, 5.74) is 3.07. The van der Waals surface area contributed by atoms with Gasteiger partial charge in [-0.25, -0.2) is 0 Å². The minimum absolute atomic E-state index is 0.160. The molecule has 0 spiro atoms. The molecular weight excluding hydrogens is 208 g/mol. The number of methoxy groups -OCH3 is 1. The van der Waals surface area contributed by atoms with E-state index in [9.17, 15) is 0 Å². The van der Waals surface area contributed by atoms with Crippen molar-refractivity contribution in [3.63, 3.8) is 0 Å². The molecule has 0 saturated carbocycles. The van der Waals surface area contributed by atoms with E-state index in [1.54, 1.807) is 7.11 Å². The van der Waals surface area contributed by atoms with Crippen molar-refractivity contribution in [2.24, 2.45) is 0 Å². The molecule has 0 bridgehead atoms. The van der Waals surface area contributed by atoms with Crippen LogP contribution in [0.4, 0.5) is 0 Å². The first-order valence-corrected chi connectivity index (χ1v) is 6.41. The summed E-state index contributed by atoms with van der Waals surface area (Å²) in [5, 5.41) is 0. The lowest BCUT2D eigenvalue weighted by Crippen LogP contribution is -2.18. The van der Waals surface area contributed by atoms with E-state index in [0.717, 1.165) is 12.2 Å². The standard InChI is InChI=1S/C16H26O/c1-8-16(5,6)13-9-12(15(2,3)4)10-14(11-13)17-7/h9-11H,8H2,1-7H3. The zero-order valence-electron chi connectivity index (χ0n) is 12.3. The first-order chi connectivity index (χ1) is 7.70. The Morgan fingerprint density at radius 2 is 1.47 bits per heavy atom. The van der Waals surface area contributed by atoms with Crippen molar-refractivity contribution < 1.29 is 4.74 Å². The lowest BCUT2D eigenvalue weighted by atomic mass is 9.78. The summed E-state index contributed by atoms with van der Waals surface area (Å²) in [4.78, 5) is 0. The van der Waals surface area contributed by atoms with Crippen LogP contribution in [0.1, 0.15) is 59.1 Å². The van der Waals surface area contributed by atoms with Gasteiger partial charge in [0.1, 0.15) is 5.75 Å². The van der Waals surface area contributed by atoms with E-state index in [2.05, 4.69) is 59.7 Å². The Labute approximate surface area is 106 Å². The molecule has 1 nitrogen and oxygen atoms in total. The van der Waals surface area contributed by atoms with Gasteiger partial charge in [0.25, 0.3) is 0 Å². The van der Waals surface area contributed by atoms with Gasteiger partial charge in [-0.15, -0.1) is 0 Å². The number of rotatable bonds is 3. The second-order valence-corrected chi connectivity index (χ2v) is 6.44. The highest BCUT2D eigenvalue weighted by atomic mass is 16.5. The van der Waals surface area contributed by atoms with E-state index < -0.39 is 0 Å². The molecular formula is C16H26O. The zero-order chi connectivity index (χ0) is 13.3. The van der Waals surface area contributed by atoms with Gasteiger partial charge >= 0.3 is 0 Å². The van der Waals surface area contributed by atoms with Gasteiger partial charge in [0.2, 0.25) is 0 Å². The quantitative estimate of drug-likeness (QED) is 0.738. The van der Waals surface area contributed by atoms with Gasteiger partial charge in [0.05, 0.1) is 7.11 Å². The van der Waals surface area contributed by atoms with Crippen LogP contribution in [-0.2, 0) is 10.8 Å². The third-order valence-corrected chi connectivity index (χ3v) is 3.67. The smallest absolute Gasteiger partial charge is 0.119 e. The highest BCUT2D eigenvalue weighted by Crippen LogP contribution is 2.34. The summed E-state index contributed by atoms with van der Waals surface area (Å²) in [6, 6.07) is 6.64. The average Bonchev–Trinajstić information content (AvgIpc) is 2.27. The molecule has 0 radical (unpaired) electrons. The van der Waals surface area contributed by atoms with Crippen molar-refractivity contribution in [1.82, 2.24) is 0 Å². The molecule has 17 heavy (non-hydrogen) atoms. The molecule has 0 aliphatic carbocycles. The van der Waals surface area contributed by atoms with Gasteiger partial charge in [0.15, 0.2) is 0 Å². The number of ether oxygens (including phenoxy) is 1. The first-order valence-electron chi connectivity index (χ1n) is 6.41. The number of hydrogen-bond donors (Lipinski definition) is 0. The van der Waals surface area contributed by atoms with Crippen LogP contribution in [0, 0.1) is 0 Å². The van der Waals surface area contributed by atoms with Crippen LogP contribution >= 0.6 is 0 Å². The molecule has 0 heterocycles. The Balaban J connectivity index is 3.34. The second kappa shape index (κ2) is 4.72. The Hall–Kier alpha value is -0.980. The normalized spacial score (nSPS) is 12.6. The third kappa shape index (κ3) is 3.24. The molecule has 0 aliphatic heterocycles. The van der Waals surface area contributed by atoms with Crippen molar-refractivity contribution in [1.29, 1.82) is 0 Å². The molecule has 0 unspecified atom stereocenters. The van der Waals surface area contributed by atoms with Gasteiger partial charge < -0.3 is 4.74 Å². The van der Waals surface area contributed by atoms with Crippen molar-refractivity contribution >= 4 is 0 Å². The fourth-order valence-electron chi connectivity index (χ4n) is 1.74. The highest BCUT2D eigenvalue weighted by molar-refractivity contribution is 5.40. The van der Waals surface area contributed by atoms with Crippen LogP contribution in [0.25, 0.3) is 0 Å². The molecule has 96 valence electrons. The van der Waals surface area contributed by atoms with Crippen molar-refractivity contribution in [3.05, 3.63) is 29.3 Å². The monoisotopic (exact) mass is 234 g/mol. The average molecular weight is 234 g/mol. The minimum Gasteiger partial charge on any atom is -0.497 e. The van der Waals surface area contributed by atoms with Crippen LogP contribution < -0.4 is 4.74 Å². The summed E-state index contributed by atoms with van der Waals surface area (Å²) >= 11 is 0. The Bertz CT molecular complexity index is 383. The second-order valence-electron chi connectivity index (χ2n) is 6.44. The van der Waals surface area contributed by atoms with E-state index in [-0.39, 0.29) is 10.8 Å². The van der Waals surface area contributed by atoms with E-state index >= 15 is 0 Å². The van der Waals surface area contributed by atoms with Crippen LogP contribution in [0.5, 0.6) is 5.75 Å². The summed E-state index contributed by atoms with van der Waals surface area (Å²) in [6.07, 6.45) is 1.13. The maximum absolute atomic E-state index is 5.43. The SMILES string of the molecule is CCC(C)(C)c1cc(OC)cc(C(C)(C)C)c1. The largest absolute Gasteiger partial charge is 0.497 e. The van der Waals surface area contributed by atoms with E-state index in [1.165, 1.54) is 11.1 Å². The van der Waals surface area contributed by atoms with Gasteiger partial charge in [0, 0.05) is 0 Å². The summed E-state index contributed by atoms with van der Waals surface area (Å²) in [5.74, 6) is 0.967. The summed E-state index contributed by atoms with van der Waals surface area (Å²) in [7, 11) is 1.74. The fourth-order valence-corrected chi connectivity index (χ4v) is 1.74. The molecule has 0 amide bonds. The molecule has 1 heteroatoms. The molecule has 0 aliphatic rings. The predicted octanol–water partition coefficient (Wildman–Crippen LogP) is 4.68. The summed E-state index contributed by atoms with van der Waals surface area (Å²) < 4.78 is 5.43. The lowest BCUT2D eigenvalue weighted by molar-refractivity contribution is 0.408. The summed E-state index contributed by atoms with van der Waals surface area (Å²) in [6.45, 7) is 13.5. The van der Waals surface area contributed by atoms with Crippen LogP contribution in [-0.4, -0.2) is 7.11 Å². The zero-order valence-corrected chi connectivity index (χ0v) is 12.3. The van der Waals surface area contributed by atoms with E-state index in [1.807, 2.05) is 0 Å². The molecule has 1 aromatic carbocycles. The minimum atomic E-state index is 0.160. The maximum atomic E-state index is 5.43. The highest BCUT2D eigenvalue weighted by Gasteiger charge is 2.22. The van der Waals surface area contributed by atoms with Crippen molar-refractivity contribution in [2.45, 2.75) is 58.8 Å². The van der Waals surface area contributed by atoms with Crippen LogP contribution in [0.15, 0.2) is 18.2 Å². The maximum Gasteiger partial charge on any atom is 0.119 e. The molecule has 0 atom stereocenters. The molecule has 0 saturated heterocycles. The van der Waals surface area contributed by atoms with Crippen molar-refractivity contribution in [2.75, 3.05) is 7.11 Å².